The van der Waals surface area contributed by atoms with E-state index >= 15 is 0 Å². The highest BCUT2D eigenvalue weighted by Crippen LogP contribution is 2.39. The smallest absolute Gasteiger partial charge is 0.249 e. The SMILES string of the molecule is C.CC[C@@H]1C(=O)N(C)c2cnc(NCc3cnn(Cc4cc(F)c(F)c(F)c4)c3)nc2N1CC1CC1. The molecule has 0 bridgehead atoms. The molecule has 3 heterocycles. The third-order valence-corrected chi connectivity index (χ3v) is 6.44. The first-order valence-electron chi connectivity index (χ1n) is 11.6. The molecule has 0 saturated heterocycles. The molecule has 1 aliphatic carbocycles. The van der Waals surface area contributed by atoms with Crippen molar-refractivity contribution in [3.63, 3.8) is 0 Å². The number of fused-ring (bicyclic) bond motifs is 1. The third kappa shape index (κ3) is 5.00. The number of hydrogen-bond acceptors (Lipinski definition) is 6. The van der Waals surface area contributed by atoms with Gasteiger partial charge in [0.15, 0.2) is 23.3 Å². The lowest BCUT2D eigenvalue weighted by atomic mass is 10.1. The summed E-state index contributed by atoms with van der Waals surface area (Å²) in [6.07, 6.45) is 8.05. The fourth-order valence-corrected chi connectivity index (χ4v) is 4.36. The Morgan fingerprint density at radius 1 is 1.11 bits per heavy atom. The number of hydrogen-bond donors (Lipinski definition) is 1. The second-order valence-corrected chi connectivity index (χ2v) is 9.09. The predicted molar refractivity (Wildman–Crippen MR) is 131 cm³/mol. The van der Waals surface area contributed by atoms with E-state index in [4.69, 9.17) is 4.98 Å². The van der Waals surface area contributed by atoms with E-state index in [2.05, 4.69) is 20.3 Å². The van der Waals surface area contributed by atoms with Crippen molar-refractivity contribution in [2.75, 3.05) is 28.7 Å². The molecule has 2 aliphatic rings. The molecule has 1 aromatic carbocycles. The maximum atomic E-state index is 13.5. The standard InChI is InChI=1S/C24H26F3N7O.CH4/c1-3-19-23(35)32(2)20-10-29-24(31-22(20)34(19)13-14-4-5-14)28-8-16-9-30-33(12-16)11-15-6-17(25)21(27)18(26)7-15;/h6-7,9-10,12,14,19H,3-5,8,11,13H2,1-2H3,(H,28,29,31);1H4/t19-;/m1./s1. The van der Waals surface area contributed by atoms with Crippen LogP contribution in [0.1, 0.15) is 44.7 Å². The summed E-state index contributed by atoms with van der Waals surface area (Å²) in [5.74, 6) is -2.12. The Bertz CT molecular complexity index is 1240. The highest BCUT2D eigenvalue weighted by atomic mass is 19.2. The van der Waals surface area contributed by atoms with Gasteiger partial charge < -0.3 is 15.1 Å². The number of aromatic nitrogens is 4. The van der Waals surface area contributed by atoms with Crippen LogP contribution >= 0.6 is 0 Å². The maximum Gasteiger partial charge on any atom is 0.249 e. The van der Waals surface area contributed by atoms with Crippen molar-refractivity contribution in [3.05, 3.63) is 59.3 Å². The lowest BCUT2D eigenvalue weighted by Gasteiger charge is -2.40. The van der Waals surface area contributed by atoms with Crippen molar-refractivity contribution >= 4 is 23.4 Å². The molecule has 1 fully saturated rings. The average molecular weight is 502 g/mol. The Morgan fingerprint density at radius 3 is 2.50 bits per heavy atom. The van der Waals surface area contributed by atoms with Crippen molar-refractivity contribution in [1.29, 1.82) is 0 Å². The van der Waals surface area contributed by atoms with Crippen LogP contribution in [0.3, 0.4) is 0 Å². The van der Waals surface area contributed by atoms with Crippen LogP contribution in [0.4, 0.5) is 30.6 Å². The molecule has 192 valence electrons. The van der Waals surface area contributed by atoms with Gasteiger partial charge in [-0.15, -0.1) is 0 Å². The van der Waals surface area contributed by atoms with E-state index in [0.717, 1.165) is 30.1 Å². The number of anilines is 3. The van der Waals surface area contributed by atoms with Gasteiger partial charge in [-0.25, -0.2) is 18.2 Å². The molecule has 0 unspecified atom stereocenters. The van der Waals surface area contributed by atoms with Crippen LogP contribution in [-0.2, 0) is 17.9 Å². The molecule has 1 aliphatic heterocycles. The van der Waals surface area contributed by atoms with Crippen molar-refractivity contribution in [2.45, 2.75) is 52.7 Å². The van der Waals surface area contributed by atoms with E-state index < -0.39 is 17.5 Å². The molecule has 36 heavy (non-hydrogen) atoms. The van der Waals surface area contributed by atoms with Crippen molar-refractivity contribution in [1.82, 2.24) is 19.7 Å². The molecule has 3 aromatic rings. The van der Waals surface area contributed by atoms with E-state index in [1.165, 1.54) is 17.5 Å². The third-order valence-electron chi connectivity index (χ3n) is 6.44. The average Bonchev–Trinajstić information content (AvgIpc) is 3.56. The predicted octanol–water partition coefficient (Wildman–Crippen LogP) is 4.36. The first-order valence-corrected chi connectivity index (χ1v) is 11.6. The van der Waals surface area contributed by atoms with E-state index in [1.54, 1.807) is 30.5 Å². The summed E-state index contributed by atoms with van der Waals surface area (Å²) in [5.41, 5.74) is 1.77. The number of carbonyl (C=O) groups excluding carboxylic acids is 1. The zero-order valence-corrected chi connectivity index (χ0v) is 19.5. The summed E-state index contributed by atoms with van der Waals surface area (Å²) in [6, 6.07) is 1.67. The Balaban J connectivity index is 0.00000304. The van der Waals surface area contributed by atoms with Crippen molar-refractivity contribution in [3.8, 4) is 0 Å². The summed E-state index contributed by atoms with van der Waals surface area (Å²) >= 11 is 0. The minimum absolute atomic E-state index is 0. The topological polar surface area (TPSA) is 79.2 Å². The van der Waals surface area contributed by atoms with Crippen LogP contribution in [0.15, 0.2) is 30.7 Å². The molecule has 5 rings (SSSR count). The van der Waals surface area contributed by atoms with Gasteiger partial charge in [-0.05, 0) is 42.9 Å². The maximum absolute atomic E-state index is 13.5. The van der Waals surface area contributed by atoms with Crippen molar-refractivity contribution in [2.24, 2.45) is 5.92 Å². The van der Waals surface area contributed by atoms with Crippen LogP contribution in [0.5, 0.6) is 0 Å². The van der Waals surface area contributed by atoms with E-state index in [9.17, 15) is 18.0 Å². The summed E-state index contributed by atoms with van der Waals surface area (Å²) in [4.78, 5) is 25.7. The Hall–Kier alpha value is -3.63. The molecule has 1 atom stereocenters. The fraction of sp³-hybridized carbons (Fsp3) is 0.440. The normalized spacial score (nSPS) is 17.1. The Labute approximate surface area is 208 Å². The number of likely N-dealkylation sites (N-methyl/N-ethyl adjacent to an activating group) is 1. The summed E-state index contributed by atoms with van der Waals surface area (Å²) < 4.78 is 41.6. The number of halogens is 3. The summed E-state index contributed by atoms with van der Waals surface area (Å²) in [6.45, 7) is 3.28. The van der Waals surface area contributed by atoms with Crippen LogP contribution < -0.4 is 15.1 Å². The quantitative estimate of drug-likeness (QED) is 0.462. The number of nitrogens with one attached hydrogen (secondary N) is 1. The minimum Gasteiger partial charge on any atom is -0.350 e. The van der Waals surface area contributed by atoms with Crippen LogP contribution in [0, 0.1) is 23.4 Å². The fourth-order valence-electron chi connectivity index (χ4n) is 4.36. The molecule has 0 spiro atoms. The molecule has 1 saturated carbocycles. The highest BCUT2D eigenvalue weighted by molar-refractivity contribution is 6.04. The number of carbonyl (C=O) groups is 1. The summed E-state index contributed by atoms with van der Waals surface area (Å²) in [5, 5.41) is 7.40. The second kappa shape index (κ2) is 10.2. The molecule has 8 nitrogen and oxygen atoms in total. The van der Waals surface area contributed by atoms with Gasteiger partial charge in [-0.2, -0.15) is 10.1 Å². The highest BCUT2D eigenvalue weighted by Gasteiger charge is 2.39. The number of benzene rings is 1. The van der Waals surface area contributed by atoms with Crippen molar-refractivity contribution < 1.29 is 18.0 Å². The summed E-state index contributed by atoms with van der Waals surface area (Å²) in [7, 11) is 1.75. The molecule has 0 radical (unpaired) electrons. The molecule has 11 heteroatoms. The minimum atomic E-state index is -1.49. The molecule has 1 N–H and O–H groups in total. The monoisotopic (exact) mass is 501 g/mol. The Morgan fingerprint density at radius 2 is 1.83 bits per heavy atom. The van der Waals surface area contributed by atoms with Gasteiger partial charge in [0, 0.05) is 31.9 Å². The van der Waals surface area contributed by atoms with Gasteiger partial charge in [0.2, 0.25) is 11.9 Å². The second-order valence-electron chi connectivity index (χ2n) is 9.09. The molecule has 2 aromatic heterocycles. The number of amides is 1. The lowest BCUT2D eigenvalue weighted by Crippen LogP contribution is -2.53. The van der Waals surface area contributed by atoms with Crippen LogP contribution in [-0.4, -0.2) is 45.3 Å². The van der Waals surface area contributed by atoms with Gasteiger partial charge in [0.05, 0.1) is 18.9 Å². The van der Waals surface area contributed by atoms with Gasteiger partial charge in [0.25, 0.3) is 0 Å². The Kier molecular flexibility index (Phi) is 7.18. The van der Waals surface area contributed by atoms with Gasteiger partial charge in [-0.3, -0.25) is 9.48 Å². The first kappa shape index (κ1) is 25.5. The van der Waals surface area contributed by atoms with E-state index in [1.807, 2.05) is 6.92 Å². The van der Waals surface area contributed by atoms with Crippen LogP contribution in [0.25, 0.3) is 0 Å². The van der Waals surface area contributed by atoms with Gasteiger partial charge in [0.1, 0.15) is 11.7 Å². The first-order chi connectivity index (χ1) is 16.8. The zero-order chi connectivity index (χ0) is 24.7. The lowest BCUT2D eigenvalue weighted by molar-refractivity contribution is -0.120. The largest absolute Gasteiger partial charge is 0.350 e. The molecular formula is C25H30F3N7O. The van der Waals surface area contributed by atoms with Gasteiger partial charge in [-0.1, -0.05) is 14.4 Å². The molecular weight excluding hydrogens is 471 g/mol. The van der Waals surface area contributed by atoms with E-state index in [0.29, 0.717) is 30.5 Å². The number of nitrogens with zero attached hydrogens (tertiary/aromatic N) is 6. The van der Waals surface area contributed by atoms with Crippen LogP contribution in [0.2, 0.25) is 0 Å². The van der Waals surface area contributed by atoms with Gasteiger partial charge >= 0.3 is 0 Å². The number of rotatable bonds is 8. The zero-order valence-electron chi connectivity index (χ0n) is 19.5. The van der Waals surface area contributed by atoms with E-state index in [-0.39, 0.29) is 31.5 Å². The molecule has 1 amide bonds.